The number of anilines is 1. The lowest BCUT2D eigenvalue weighted by atomic mass is 10.1. The zero-order valence-corrected chi connectivity index (χ0v) is 15.1. The molecule has 8 heteroatoms. The van der Waals surface area contributed by atoms with E-state index < -0.39 is 11.9 Å². The van der Waals surface area contributed by atoms with Crippen LogP contribution in [0.4, 0.5) is 19.0 Å². The van der Waals surface area contributed by atoms with Crippen LogP contribution < -0.4 is 5.32 Å². The molecule has 0 radical (unpaired) electrons. The summed E-state index contributed by atoms with van der Waals surface area (Å²) < 4.78 is 42.2. The van der Waals surface area contributed by atoms with Crippen LogP contribution in [0.25, 0.3) is 16.8 Å². The van der Waals surface area contributed by atoms with Gasteiger partial charge >= 0.3 is 6.18 Å². The van der Waals surface area contributed by atoms with Crippen LogP contribution in [-0.2, 0) is 6.18 Å². The summed E-state index contributed by atoms with van der Waals surface area (Å²) in [6.07, 6.45) is -2.72. The lowest BCUT2D eigenvalue weighted by molar-refractivity contribution is -0.140. The first kappa shape index (κ1) is 18.5. The fraction of sp³-hybridized carbons (Fsp3) is 0.333. The molecule has 0 spiro atoms. The summed E-state index contributed by atoms with van der Waals surface area (Å²) in [6, 6.07) is 7.89. The molecule has 0 aliphatic rings. The SMILES string of the molecule is CCCCNc1cc(C)nc2c(-c3ccc(Cl)cc3)c(C(F)(F)F)nn12. The molecule has 4 nitrogen and oxygen atoms in total. The van der Waals surface area contributed by atoms with E-state index in [1.807, 2.05) is 6.92 Å². The highest BCUT2D eigenvalue weighted by Crippen LogP contribution is 2.39. The summed E-state index contributed by atoms with van der Waals surface area (Å²) in [6.45, 7) is 4.44. The van der Waals surface area contributed by atoms with Gasteiger partial charge in [-0.25, -0.2) is 4.98 Å². The van der Waals surface area contributed by atoms with Crippen LogP contribution in [0.15, 0.2) is 30.3 Å². The lowest BCUT2D eigenvalue weighted by Gasteiger charge is -2.09. The Morgan fingerprint density at radius 3 is 2.50 bits per heavy atom. The third kappa shape index (κ3) is 3.62. The number of nitrogens with zero attached hydrogens (tertiary/aromatic N) is 3. The zero-order valence-electron chi connectivity index (χ0n) is 14.4. The smallest absolute Gasteiger partial charge is 0.370 e. The zero-order chi connectivity index (χ0) is 18.9. The molecule has 3 aromatic rings. The van der Waals surface area contributed by atoms with E-state index in [1.165, 1.54) is 4.52 Å². The summed E-state index contributed by atoms with van der Waals surface area (Å²) in [4.78, 5) is 4.32. The van der Waals surface area contributed by atoms with Crippen molar-refractivity contribution in [1.29, 1.82) is 0 Å². The van der Waals surface area contributed by atoms with Gasteiger partial charge in [-0.2, -0.15) is 22.8 Å². The van der Waals surface area contributed by atoms with Crippen molar-refractivity contribution in [2.45, 2.75) is 32.9 Å². The highest BCUT2D eigenvalue weighted by atomic mass is 35.5. The molecule has 0 fully saturated rings. The second-order valence-corrected chi connectivity index (χ2v) is 6.46. The molecule has 0 saturated heterocycles. The van der Waals surface area contributed by atoms with E-state index in [9.17, 15) is 13.2 Å². The minimum Gasteiger partial charge on any atom is -0.370 e. The number of aryl methyl sites for hydroxylation is 1. The van der Waals surface area contributed by atoms with Gasteiger partial charge in [-0.3, -0.25) is 0 Å². The number of unbranched alkanes of at least 4 members (excludes halogenated alkanes) is 1. The molecular weight excluding hydrogens is 365 g/mol. The fourth-order valence-electron chi connectivity index (χ4n) is 2.74. The Bertz CT molecular complexity index is 917. The standard InChI is InChI=1S/C18H18ClF3N4/c1-3-4-9-23-14-10-11(2)24-17-15(12-5-7-13(19)8-6-12)16(18(20,21)22)25-26(14)17/h5-8,10,23H,3-4,9H2,1-2H3. The molecule has 138 valence electrons. The van der Waals surface area contributed by atoms with Crippen LogP contribution in [0.5, 0.6) is 0 Å². The molecule has 0 aliphatic carbocycles. The van der Waals surface area contributed by atoms with Gasteiger partial charge in [-0.05, 0) is 31.0 Å². The Kier molecular flexibility index (Phi) is 5.09. The molecular formula is C18H18ClF3N4. The van der Waals surface area contributed by atoms with E-state index in [1.54, 1.807) is 37.3 Å². The van der Waals surface area contributed by atoms with Gasteiger partial charge in [-0.15, -0.1) is 0 Å². The number of hydrogen-bond donors (Lipinski definition) is 1. The largest absolute Gasteiger partial charge is 0.435 e. The molecule has 26 heavy (non-hydrogen) atoms. The maximum atomic E-state index is 13.6. The van der Waals surface area contributed by atoms with Crippen LogP contribution in [-0.4, -0.2) is 21.1 Å². The molecule has 0 bridgehead atoms. The molecule has 0 amide bonds. The van der Waals surface area contributed by atoms with Crippen molar-refractivity contribution < 1.29 is 13.2 Å². The van der Waals surface area contributed by atoms with E-state index in [4.69, 9.17) is 11.6 Å². The highest BCUT2D eigenvalue weighted by Gasteiger charge is 2.39. The molecule has 0 aliphatic heterocycles. The number of fused-ring (bicyclic) bond motifs is 1. The van der Waals surface area contributed by atoms with E-state index in [-0.39, 0.29) is 11.2 Å². The quantitative estimate of drug-likeness (QED) is 0.585. The monoisotopic (exact) mass is 382 g/mol. The number of nitrogens with one attached hydrogen (secondary N) is 1. The van der Waals surface area contributed by atoms with Gasteiger partial charge in [0.1, 0.15) is 5.82 Å². The fourth-order valence-corrected chi connectivity index (χ4v) is 2.86. The first-order valence-corrected chi connectivity index (χ1v) is 8.66. The maximum Gasteiger partial charge on any atom is 0.435 e. The summed E-state index contributed by atoms with van der Waals surface area (Å²) in [7, 11) is 0. The average Bonchev–Trinajstić information content (AvgIpc) is 2.95. The molecule has 0 unspecified atom stereocenters. The van der Waals surface area contributed by atoms with E-state index >= 15 is 0 Å². The minimum atomic E-state index is -4.60. The Morgan fingerprint density at radius 1 is 1.19 bits per heavy atom. The Hall–Kier alpha value is -2.28. The number of aromatic nitrogens is 3. The molecule has 2 heterocycles. The highest BCUT2D eigenvalue weighted by molar-refractivity contribution is 6.30. The molecule has 1 aromatic carbocycles. The molecule has 3 rings (SSSR count). The second-order valence-electron chi connectivity index (χ2n) is 6.03. The summed E-state index contributed by atoms with van der Waals surface area (Å²) in [5.74, 6) is 0.492. The van der Waals surface area contributed by atoms with Crippen LogP contribution in [0.3, 0.4) is 0 Å². The van der Waals surface area contributed by atoms with Gasteiger partial charge in [-0.1, -0.05) is 37.1 Å². The predicted molar refractivity (Wildman–Crippen MR) is 96.6 cm³/mol. The molecule has 0 atom stereocenters. The Balaban J connectivity index is 2.25. The van der Waals surface area contributed by atoms with Crippen molar-refractivity contribution in [2.75, 3.05) is 11.9 Å². The molecule has 2 aromatic heterocycles. The first-order chi connectivity index (χ1) is 12.3. The maximum absolute atomic E-state index is 13.6. The lowest BCUT2D eigenvalue weighted by Crippen LogP contribution is -2.10. The third-order valence-corrected chi connectivity index (χ3v) is 4.21. The van der Waals surface area contributed by atoms with Crippen molar-refractivity contribution in [1.82, 2.24) is 14.6 Å². The number of benzene rings is 1. The van der Waals surface area contributed by atoms with Crippen LogP contribution >= 0.6 is 11.6 Å². The molecule has 1 N–H and O–H groups in total. The van der Waals surface area contributed by atoms with Crippen LogP contribution in [0.2, 0.25) is 5.02 Å². The number of rotatable bonds is 5. The number of hydrogen-bond acceptors (Lipinski definition) is 3. The summed E-state index contributed by atoms with van der Waals surface area (Å²) >= 11 is 5.87. The number of alkyl halides is 3. The van der Waals surface area contributed by atoms with E-state index in [0.29, 0.717) is 28.6 Å². The van der Waals surface area contributed by atoms with E-state index in [0.717, 1.165) is 12.8 Å². The van der Waals surface area contributed by atoms with Crippen molar-refractivity contribution in [3.8, 4) is 11.1 Å². The van der Waals surface area contributed by atoms with Crippen LogP contribution in [0.1, 0.15) is 31.2 Å². The normalized spacial score (nSPS) is 11.9. The topological polar surface area (TPSA) is 42.2 Å². The third-order valence-electron chi connectivity index (χ3n) is 3.95. The predicted octanol–water partition coefficient (Wildman–Crippen LogP) is 5.59. The van der Waals surface area contributed by atoms with Gasteiger partial charge in [0.2, 0.25) is 0 Å². The van der Waals surface area contributed by atoms with E-state index in [2.05, 4.69) is 15.4 Å². The Morgan fingerprint density at radius 2 is 1.88 bits per heavy atom. The van der Waals surface area contributed by atoms with Gasteiger partial charge in [0.15, 0.2) is 11.3 Å². The van der Waals surface area contributed by atoms with Gasteiger partial charge in [0, 0.05) is 23.3 Å². The minimum absolute atomic E-state index is 0.0450. The van der Waals surface area contributed by atoms with Crippen molar-refractivity contribution in [3.05, 3.63) is 46.7 Å². The van der Waals surface area contributed by atoms with Crippen molar-refractivity contribution in [2.24, 2.45) is 0 Å². The van der Waals surface area contributed by atoms with Crippen LogP contribution in [0, 0.1) is 6.92 Å². The number of halogens is 4. The summed E-state index contributed by atoms with van der Waals surface area (Å²) in [5, 5.41) is 7.44. The summed E-state index contributed by atoms with van der Waals surface area (Å²) in [5.41, 5.74) is 0.140. The van der Waals surface area contributed by atoms with Gasteiger partial charge in [0.05, 0.1) is 5.56 Å². The van der Waals surface area contributed by atoms with Gasteiger partial charge < -0.3 is 5.32 Å². The van der Waals surface area contributed by atoms with Crippen molar-refractivity contribution in [3.63, 3.8) is 0 Å². The second kappa shape index (κ2) is 7.15. The van der Waals surface area contributed by atoms with Crippen molar-refractivity contribution >= 4 is 23.1 Å². The first-order valence-electron chi connectivity index (χ1n) is 8.28. The average molecular weight is 383 g/mol. The Labute approximate surface area is 154 Å². The molecule has 0 saturated carbocycles. The van der Waals surface area contributed by atoms with Gasteiger partial charge in [0.25, 0.3) is 0 Å².